The summed E-state index contributed by atoms with van der Waals surface area (Å²) < 4.78 is 0. The number of H-pyrrole nitrogens is 1. The van der Waals surface area contributed by atoms with E-state index in [9.17, 15) is 4.79 Å². The predicted molar refractivity (Wildman–Crippen MR) is 43.6 cm³/mol. The number of hydrogen-bond donors (Lipinski definition) is 3. The lowest BCUT2D eigenvalue weighted by Crippen LogP contribution is -2.14. The first-order valence-electron chi connectivity index (χ1n) is 3.22. The maximum Gasteiger partial charge on any atom is 0.346 e. The van der Waals surface area contributed by atoms with Crippen molar-refractivity contribution in [1.82, 2.24) is 9.97 Å². The smallest absolute Gasteiger partial charge is 0.346 e. The molecule has 0 fully saturated rings. The molecule has 0 aliphatic heterocycles. The van der Waals surface area contributed by atoms with E-state index >= 15 is 0 Å². The van der Waals surface area contributed by atoms with Gasteiger partial charge in [0.15, 0.2) is 0 Å². The Morgan fingerprint density at radius 1 is 1.38 bits per heavy atom. The van der Waals surface area contributed by atoms with Crippen molar-refractivity contribution in [3.8, 4) is 0 Å². The zero-order valence-electron chi connectivity index (χ0n) is 6.38. The summed E-state index contributed by atoms with van der Waals surface area (Å²) in [6.07, 6.45) is 2.02. The van der Waals surface area contributed by atoms with E-state index < -0.39 is 5.69 Å². The Morgan fingerprint density at radius 2 is 2.08 bits per heavy atom. The van der Waals surface area contributed by atoms with Gasteiger partial charge in [-0.1, -0.05) is 10.3 Å². The highest BCUT2D eigenvalue weighted by molar-refractivity contribution is 5.82. The Bertz CT molecular complexity index is 362. The second-order valence-corrected chi connectivity index (χ2v) is 2.06. The summed E-state index contributed by atoms with van der Waals surface area (Å²) in [6.45, 7) is 0. The number of rotatable bonds is 2. The molecule has 0 atom stereocenters. The van der Waals surface area contributed by atoms with Gasteiger partial charge in [-0.3, -0.25) is 0 Å². The fourth-order valence-electron chi connectivity index (χ4n) is 0.753. The fraction of sp³-hybridized carbons (Fsp3) is 0. The Balaban J connectivity index is 3.18. The highest BCUT2D eigenvalue weighted by Gasteiger charge is 1.96. The Labute approximate surface area is 72.0 Å². The monoisotopic (exact) mass is 182 g/mol. The topological polar surface area (TPSA) is 111 Å². The third-order valence-corrected chi connectivity index (χ3v) is 1.17. The van der Waals surface area contributed by atoms with Crippen LogP contribution in [0.25, 0.3) is 0 Å². The van der Waals surface area contributed by atoms with Gasteiger partial charge < -0.3 is 15.4 Å². The van der Waals surface area contributed by atoms with E-state index in [-0.39, 0.29) is 11.4 Å². The molecule has 0 bridgehead atoms. The van der Waals surface area contributed by atoms with E-state index in [1.165, 1.54) is 6.07 Å². The van der Waals surface area contributed by atoms with Gasteiger partial charge in [0.2, 0.25) is 0 Å². The molecule has 0 saturated carbocycles. The van der Waals surface area contributed by atoms with Gasteiger partial charge in [-0.25, -0.2) is 4.79 Å². The number of aromatic amines is 1. The van der Waals surface area contributed by atoms with Crippen LogP contribution >= 0.6 is 0 Å². The molecule has 0 aliphatic rings. The molecular weight excluding hydrogens is 176 g/mol. The van der Waals surface area contributed by atoms with E-state index in [1.54, 1.807) is 0 Å². The van der Waals surface area contributed by atoms with Gasteiger partial charge in [0, 0.05) is 0 Å². The van der Waals surface area contributed by atoms with Crippen molar-refractivity contribution in [2.75, 3.05) is 0 Å². The van der Waals surface area contributed by atoms with E-state index in [4.69, 9.17) is 10.4 Å². The summed E-state index contributed by atoms with van der Waals surface area (Å²) in [7, 11) is 0. The molecule has 0 radical (unpaired) electrons. The van der Waals surface area contributed by atoms with Gasteiger partial charge in [-0.15, -0.1) is 0 Å². The molecule has 13 heavy (non-hydrogen) atoms. The molecule has 1 aromatic rings. The van der Waals surface area contributed by atoms with Crippen molar-refractivity contribution < 1.29 is 10.4 Å². The molecule has 68 valence electrons. The lowest BCUT2D eigenvalue weighted by molar-refractivity contribution is 0.321. The standard InChI is InChI=1S/C6H6N4O3/c11-6-9-4(2-7-12)1-5(10-6)3-8-13/h1-3,12-13H,(H,9,10,11)/b7-2+,8-3+. The number of nitrogens with one attached hydrogen (secondary N) is 1. The van der Waals surface area contributed by atoms with Crippen LogP contribution in [0, 0.1) is 0 Å². The minimum atomic E-state index is -0.618. The number of nitrogens with zero attached hydrogens (tertiary/aromatic N) is 3. The molecular formula is C6H6N4O3. The van der Waals surface area contributed by atoms with Gasteiger partial charge in [0.25, 0.3) is 0 Å². The van der Waals surface area contributed by atoms with Crippen LogP contribution < -0.4 is 5.69 Å². The van der Waals surface area contributed by atoms with Crippen LogP contribution in [0.3, 0.4) is 0 Å². The molecule has 3 N–H and O–H groups in total. The van der Waals surface area contributed by atoms with Crippen molar-refractivity contribution in [3.63, 3.8) is 0 Å². The van der Waals surface area contributed by atoms with Gasteiger partial charge in [-0.05, 0) is 6.07 Å². The first-order chi connectivity index (χ1) is 6.26. The van der Waals surface area contributed by atoms with Crippen LogP contribution in [0.4, 0.5) is 0 Å². The number of oxime groups is 2. The lowest BCUT2D eigenvalue weighted by atomic mass is 10.3. The first kappa shape index (κ1) is 8.91. The highest BCUT2D eigenvalue weighted by atomic mass is 16.4. The molecule has 1 aromatic heterocycles. The largest absolute Gasteiger partial charge is 0.411 e. The van der Waals surface area contributed by atoms with Crippen molar-refractivity contribution in [1.29, 1.82) is 0 Å². The Kier molecular flexibility index (Phi) is 2.74. The van der Waals surface area contributed by atoms with Crippen LogP contribution in [0.1, 0.15) is 11.4 Å². The maximum absolute atomic E-state index is 10.8. The Hall–Kier alpha value is -2.18. The normalized spacial score (nSPS) is 11.4. The van der Waals surface area contributed by atoms with Crippen molar-refractivity contribution in [2.45, 2.75) is 0 Å². The molecule has 0 saturated heterocycles. The summed E-state index contributed by atoms with van der Waals surface area (Å²) in [6, 6.07) is 1.38. The minimum absolute atomic E-state index is 0.168. The quantitative estimate of drug-likeness (QED) is 0.321. The summed E-state index contributed by atoms with van der Waals surface area (Å²) in [5.74, 6) is 0. The van der Waals surface area contributed by atoms with E-state index in [0.29, 0.717) is 0 Å². The van der Waals surface area contributed by atoms with Crippen molar-refractivity contribution in [3.05, 3.63) is 27.9 Å². The average molecular weight is 182 g/mol. The fourth-order valence-corrected chi connectivity index (χ4v) is 0.753. The van der Waals surface area contributed by atoms with Crippen molar-refractivity contribution >= 4 is 12.4 Å². The third kappa shape index (κ3) is 2.40. The Morgan fingerprint density at radius 3 is 2.69 bits per heavy atom. The second kappa shape index (κ2) is 4.00. The molecule has 0 spiro atoms. The van der Waals surface area contributed by atoms with Gasteiger partial charge in [-0.2, -0.15) is 4.98 Å². The van der Waals surface area contributed by atoms with Gasteiger partial charge in [0.05, 0.1) is 23.8 Å². The molecule has 0 aliphatic carbocycles. The van der Waals surface area contributed by atoms with E-state index in [1.807, 2.05) is 0 Å². The third-order valence-electron chi connectivity index (χ3n) is 1.17. The molecule has 0 aromatic carbocycles. The highest BCUT2D eigenvalue weighted by Crippen LogP contribution is 1.89. The second-order valence-electron chi connectivity index (χ2n) is 2.06. The molecule has 1 heterocycles. The summed E-state index contributed by atoms with van der Waals surface area (Å²) in [5.41, 5.74) is -0.189. The first-order valence-corrected chi connectivity index (χ1v) is 3.22. The number of hydrogen-bond acceptors (Lipinski definition) is 6. The molecule has 1 rings (SSSR count). The number of aromatic nitrogens is 2. The molecule has 0 amide bonds. The van der Waals surface area contributed by atoms with Crippen LogP contribution in [0.5, 0.6) is 0 Å². The lowest BCUT2D eigenvalue weighted by Gasteiger charge is -1.92. The van der Waals surface area contributed by atoms with Crippen LogP contribution in [0.15, 0.2) is 21.2 Å². The average Bonchev–Trinajstić information content (AvgIpc) is 2.04. The summed E-state index contributed by atoms with van der Waals surface area (Å²) in [4.78, 5) is 16.5. The summed E-state index contributed by atoms with van der Waals surface area (Å²) in [5, 5.41) is 21.8. The predicted octanol–water partition coefficient (Wildman–Crippen LogP) is -0.614. The van der Waals surface area contributed by atoms with Crippen LogP contribution in [0.2, 0.25) is 0 Å². The van der Waals surface area contributed by atoms with E-state index in [0.717, 1.165) is 12.4 Å². The maximum atomic E-state index is 10.8. The summed E-state index contributed by atoms with van der Waals surface area (Å²) >= 11 is 0. The van der Waals surface area contributed by atoms with Crippen molar-refractivity contribution in [2.24, 2.45) is 10.3 Å². The molecule has 7 nitrogen and oxygen atoms in total. The van der Waals surface area contributed by atoms with E-state index in [2.05, 4.69) is 20.3 Å². The molecule has 7 heteroatoms. The van der Waals surface area contributed by atoms with Gasteiger partial charge >= 0.3 is 5.69 Å². The van der Waals surface area contributed by atoms with Crippen LogP contribution in [-0.2, 0) is 0 Å². The SMILES string of the molecule is O=c1nc(/C=N/O)cc(/C=N/O)[nH]1. The zero-order chi connectivity index (χ0) is 9.68. The minimum Gasteiger partial charge on any atom is -0.411 e. The van der Waals surface area contributed by atoms with Crippen LogP contribution in [-0.4, -0.2) is 32.8 Å². The van der Waals surface area contributed by atoms with Gasteiger partial charge in [0.1, 0.15) is 0 Å². The molecule has 0 unspecified atom stereocenters. The zero-order valence-corrected chi connectivity index (χ0v) is 6.38.